The van der Waals surface area contributed by atoms with Crippen molar-refractivity contribution in [2.45, 2.75) is 38.5 Å². The second-order valence-corrected chi connectivity index (χ2v) is 10.8. The normalized spacial score (nSPS) is 14.0. The van der Waals surface area contributed by atoms with Crippen LogP contribution in [0.3, 0.4) is 0 Å². The van der Waals surface area contributed by atoms with Crippen molar-refractivity contribution in [2.75, 3.05) is 32.1 Å². The maximum Gasteiger partial charge on any atom is 0.325 e. The van der Waals surface area contributed by atoms with Crippen LogP contribution in [0.5, 0.6) is 11.5 Å². The lowest BCUT2D eigenvalue weighted by atomic mass is 9.94. The van der Waals surface area contributed by atoms with Gasteiger partial charge >= 0.3 is 5.97 Å². The van der Waals surface area contributed by atoms with Crippen molar-refractivity contribution >= 4 is 11.7 Å². The number of hydrogen-bond donors (Lipinski definition) is 3. The van der Waals surface area contributed by atoms with E-state index in [1.165, 1.54) is 18.4 Å². The Balaban J connectivity index is 1.22. The van der Waals surface area contributed by atoms with Crippen LogP contribution in [0, 0.1) is 0 Å². The molecule has 218 valence electrons. The Kier molecular flexibility index (Phi) is 9.74. The van der Waals surface area contributed by atoms with E-state index in [4.69, 9.17) is 15.2 Å². The molecule has 1 heterocycles. The van der Waals surface area contributed by atoms with E-state index < -0.39 is 12.0 Å². The fourth-order valence-corrected chi connectivity index (χ4v) is 5.33. The number of benzene rings is 4. The van der Waals surface area contributed by atoms with Gasteiger partial charge in [-0.1, -0.05) is 60.7 Å². The molecule has 0 aliphatic carbocycles. The third-order valence-corrected chi connectivity index (χ3v) is 7.68. The first-order valence-corrected chi connectivity index (χ1v) is 14.5. The Morgan fingerprint density at radius 2 is 1.67 bits per heavy atom. The molecule has 1 saturated heterocycles. The summed E-state index contributed by atoms with van der Waals surface area (Å²) in [4.78, 5) is 14.8. The molecule has 4 N–H and O–H groups in total. The number of nitrogens with one attached hydrogen (secondary N) is 1. The van der Waals surface area contributed by atoms with Crippen LogP contribution in [0.1, 0.15) is 35.1 Å². The monoisotopic (exact) mass is 565 g/mol. The smallest absolute Gasteiger partial charge is 0.325 e. The van der Waals surface area contributed by atoms with E-state index in [2.05, 4.69) is 28.4 Å². The topological polar surface area (TPSA) is 97.1 Å². The highest BCUT2D eigenvalue weighted by atomic mass is 16.5. The van der Waals surface area contributed by atoms with Crippen molar-refractivity contribution in [3.8, 4) is 22.6 Å². The zero-order valence-electron chi connectivity index (χ0n) is 24.1. The second-order valence-electron chi connectivity index (χ2n) is 10.8. The number of likely N-dealkylation sites (tertiary alicyclic amines) is 1. The van der Waals surface area contributed by atoms with Crippen LogP contribution in [-0.2, 0) is 29.1 Å². The Morgan fingerprint density at radius 1 is 0.929 bits per heavy atom. The zero-order valence-corrected chi connectivity index (χ0v) is 24.1. The molecule has 1 aliphatic heterocycles. The zero-order chi connectivity index (χ0) is 29.3. The van der Waals surface area contributed by atoms with Crippen LogP contribution in [-0.4, -0.2) is 48.8 Å². The summed E-state index contributed by atoms with van der Waals surface area (Å²) in [6.45, 7) is 3.65. The maximum atomic E-state index is 12.3. The number of nitrogens with zero attached hydrogens (tertiary/aromatic N) is 1. The van der Waals surface area contributed by atoms with Gasteiger partial charge < -0.3 is 25.6 Å². The molecule has 0 spiro atoms. The largest absolute Gasteiger partial charge is 0.508 e. The number of rotatable bonds is 12. The summed E-state index contributed by atoms with van der Waals surface area (Å²) in [7, 11) is 1.73. The summed E-state index contributed by atoms with van der Waals surface area (Å²) in [6, 6.07) is 28.6. The molecule has 0 aromatic heterocycles. The molecule has 5 rings (SSSR count). The van der Waals surface area contributed by atoms with Gasteiger partial charge in [0.25, 0.3) is 0 Å². The van der Waals surface area contributed by atoms with Crippen LogP contribution in [0.4, 0.5) is 5.69 Å². The summed E-state index contributed by atoms with van der Waals surface area (Å²) in [5.74, 6) is 0.680. The Morgan fingerprint density at radius 3 is 2.40 bits per heavy atom. The van der Waals surface area contributed by atoms with E-state index >= 15 is 0 Å². The van der Waals surface area contributed by atoms with E-state index in [0.29, 0.717) is 6.42 Å². The molecule has 0 radical (unpaired) electrons. The number of esters is 1. The maximum absolute atomic E-state index is 12.3. The average Bonchev–Trinajstić information content (AvgIpc) is 3.54. The third kappa shape index (κ3) is 7.69. The van der Waals surface area contributed by atoms with Crippen LogP contribution in [0.25, 0.3) is 11.1 Å². The summed E-state index contributed by atoms with van der Waals surface area (Å²) >= 11 is 0. The van der Waals surface area contributed by atoms with E-state index in [1.807, 2.05) is 60.7 Å². The molecular formula is C35H39N3O4. The first-order valence-electron chi connectivity index (χ1n) is 14.5. The molecule has 7 nitrogen and oxygen atoms in total. The molecule has 4 aromatic rings. The standard InChI is InChI=1S/C35H39N3O4/c1-41-34-20-26(9-10-29(34)23-38-17-5-6-18-38)19-28-13-16-31(39)21-32(28)27-11-14-30(15-12-27)37-22-33(36)35(40)42-24-25-7-3-2-4-8-25/h2-4,7-16,20-21,33,37,39H,5-6,17-19,22-24,36H2,1H3. The Labute approximate surface area is 247 Å². The summed E-state index contributed by atoms with van der Waals surface area (Å²) < 4.78 is 11.1. The minimum Gasteiger partial charge on any atom is -0.508 e. The van der Waals surface area contributed by atoms with Gasteiger partial charge in [-0.2, -0.15) is 0 Å². The van der Waals surface area contributed by atoms with E-state index in [1.54, 1.807) is 19.2 Å². The molecule has 0 amide bonds. The van der Waals surface area contributed by atoms with E-state index in [9.17, 15) is 9.90 Å². The second kappa shape index (κ2) is 14.0. The number of phenols is 1. The highest BCUT2D eigenvalue weighted by molar-refractivity contribution is 5.76. The lowest BCUT2D eigenvalue weighted by Crippen LogP contribution is -2.38. The van der Waals surface area contributed by atoms with Gasteiger partial charge in [-0.15, -0.1) is 0 Å². The molecule has 1 unspecified atom stereocenters. The molecule has 0 bridgehead atoms. The number of methoxy groups -OCH3 is 1. The predicted octanol–water partition coefficient (Wildman–Crippen LogP) is 5.74. The quantitative estimate of drug-likeness (QED) is 0.189. The summed E-state index contributed by atoms with van der Waals surface area (Å²) in [5, 5.41) is 13.5. The fraction of sp³-hybridized carbons (Fsp3) is 0.286. The SMILES string of the molecule is COc1cc(Cc2ccc(O)cc2-c2ccc(NCC(N)C(=O)OCc3ccccc3)cc2)ccc1CN1CCCC1. The van der Waals surface area contributed by atoms with Crippen molar-refractivity contribution in [3.63, 3.8) is 0 Å². The number of nitrogens with two attached hydrogens (primary N) is 1. The Hall–Kier alpha value is -4.33. The number of anilines is 1. The van der Waals surface area contributed by atoms with Gasteiger partial charge in [0.05, 0.1) is 7.11 Å². The van der Waals surface area contributed by atoms with Gasteiger partial charge in [0, 0.05) is 24.3 Å². The van der Waals surface area contributed by atoms with Crippen LogP contribution in [0.15, 0.2) is 91.0 Å². The molecule has 1 atom stereocenters. The summed E-state index contributed by atoms with van der Waals surface area (Å²) in [5.41, 5.74) is 13.2. The van der Waals surface area contributed by atoms with E-state index in [0.717, 1.165) is 58.9 Å². The highest BCUT2D eigenvalue weighted by Gasteiger charge is 2.17. The number of carbonyl (C=O) groups is 1. The average molecular weight is 566 g/mol. The molecule has 0 saturated carbocycles. The molecule has 7 heteroatoms. The van der Waals surface area contributed by atoms with Crippen molar-refractivity contribution < 1.29 is 19.4 Å². The molecule has 4 aromatic carbocycles. The van der Waals surface area contributed by atoms with Crippen molar-refractivity contribution in [2.24, 2.45) is 5.73 Å². The van der Waals surface area contributed by atoms with E-state index in [-0.39, 0.29) is 18.9 Å². The van der Waals surface area contributed by atoms with Crippen LogP contribution >= 0.6 is 0 Å². The van der Waals surface area contributed by atoms with Crippen molar-refractivity contribution in [1.82, 2.24) is 4.90 Å². The number of phenolic OH excluding ortho intramolecular Hbond substituents is 1. The molecule has 1 fully saturated rings. The minimum atomic E-state index is -0.787. The number of aromatic hydroxyl groups is 1. The van der Waals surface area contributed by atoms with Crippen molar-refractivity contribution in [1.29, 1.82) is 0 Å². The lowest BCUT2D eigenvalue weighted by Gasteiger charge is -2.18. The minimum absolute atomic E-state index is 0.198. The van der Waals surface area contributed by atoms with Gasteiger partial charge in [0.2, 0.25) is 0 Å². The van der Waals surface area contributed by atoms with Gasteiger partial charge in [-0.25, -0.2) is 0 Å². The molecule has 42 heavy (non-hydrogen) atoms. The predicted molar refractivity (Wildman–Crippen MR) is 167 cm³/mol. The van der Waals surface area contributed by atoms with Gasteiger partial charge in [-0.05, 0) is 90.5 Å². The van der Waals surface area contributed by atoms with Crippen LogP contribution < -0.4 is 15.8 Å². The Bertz CT molecular complexity index is 1470. The number of carbonyl (C=O) groups excluding carboxylic acids is 1. The third-order valence-electron chi connectivity index (χ3n) is 7.68. The highest BCUT2D eigenvalue weighted by Crippen LogP contribution is 2.32. The van der Waals surface area contributed by atoms with Gasteiger partial charge in [-0.3, -0.25) is 9.69 Å². The number of ether oxygens (including phenoxy) is 2. The summed E-state index contributed by atoms with van der Waals surface area (Å²) in [6.07, 6.45) is 3.23. The van der Waals surface area contributed by atoms with Crippen LogP contribution in [0.2, 0.25) is 0 Å². The molecule has 1 aliphatic rings. The van der Waals surface area contributed by atoms with Crippen molar-refractivity contribution in [3.05, 3.63) is 113 Å². The lowest BCUT2D eigenvalue weighted by molar-refractivity contribution is -0.146. The van der Waals surface area contributed by atoms with Gasteiger partial charge in [0.15, 0.2) is 0 Å². The first-order chi connectivity index (χ1) is 20.5. The number of hydrogen-bond acceptors (Lipinski definition) is 7. The van der Waals surface area contributed by atoms with Gasteiger partial charge in [0.1, 0.15) is 24.1 Å². The first kappa shape index (κ1) is 29.2. The fourth-order valence-electron chi connectivity index (χ4n) is 5.33. The molecular weight excluding hydrogens is 526 g/mol.